The highest BCUT2D eigenvalue weighted by Crippen LogP contribution is 2.38. The summed E-state index contributed by atoms with van der Waals surface area (Å²) in [5.41, 5.74) is 7.44. The van der Waals surface area contributed by atoms with Gasteiger partial charge in [0.2, 0.25) is 0 Å². The molecule has 4 N–H and O–H groups in total. The number of ether oxygens (including phenoxy) is 1. The van der Waals surface area contributed by atoms with Crippen molar-refractivity contribution in [2.24, 2.45) is 5.73 Å². The normalized spacial score (nSPS) is 16.5. The number of rotatable bonds is 7. The van der Waals surface area contributed by atoms with Crippen molar-refractivity contribution in [2.75, 3.05) is 38.5 Å². The molecule has 0 aromatic heterocycles. The van der Waals surface area contributed by atoms with Crippen LogP contribution in [0, 0.1) is 5.82 Å². The van der Waals surface area contributed by atoms with Gasteiger partial charge < -0.3 is 30.9 Å². The standard InChI is InChI=1S/C32H39Cl2FN6O4/c1-19(26-22(33)11-12-23(35)27(26)34)40-15-16-41(31(44)45-32(2,3)4)28(36)25(40)18-24(37-5)29(42)38-21-10-8-9-20(17-21)30(43)39-13-6-7-14-39/h8-12,17-19,37H,6-7,13-16,36H2,1-5H3,(H,38,42)/b24-18-. The van der Waals surface area contributed by atoms with E-state index in [2.05, 4.69) is 10.6 Å². The minimum absolute atomic E-state index is 0.0183. The van der Waals surface area contributed by atoms with E-state index in [0.717, 1.165) is 12.8 Å². The number of nitrogens with one attached hydrogen (secondary N) is 2. The fourth-order valence-electron chi connectivity index (χ4n) is 5.30. The summed E-state index contributed by atoms with van der Waals surface area (Å²) in [7, 11) is 1.57. The Morgan fingerprint density at radius 1 is 1.07 bits per heavy atom. The van der Waals surface area contributed by atoms with Crippen LogP contribution in [-0.4, -0.2) is 71.4 Å². The van der Waals surface area contributed by atoms with Crippen LogP contribution in [0.3, 0.4) is 0 Å². The molecule has 0 spiro atoms. The maximum atomic E-state index is 14.5. The zero-order valence-corrected chi connectivity index (χ0v) is 27.6. The molecule has 1 saturated heterocycles. The lowest BCUT2D eigenvalue weighted by Crippen LogP contribution is -2.49. The summed E-state index contributed by atoms with van der Waals surface area (Å²) in [6, 6.07) is 8.73. The van der Waals surface area contributed by atoms with Crippen LogP contribution >= 0.6 is 23.2 Å². The quantitative estimate of drug-likeness (QED) is 0.252. The van der Waals surface area contributed by atoms with Crippen molar-refractivity contribution < 1.29 is 23.5 Å². The Morgan fingerprint density at radius 2 is 1.76 bits per heavy atom. The van der Waals surface area contributed by atoms with Gasteiger partial charge in [-0.05, 0) is 76.9 Å². The molecule has 13 heteroatoms. The van der Waals surface area contributed by atoms with E-state index >= 15 is 0 Å². The van der Waals surface area contributed by atoms with Crippen molar-refractivity contribution in [1.29, 1.82) is 0 Å². The number of likely N-dealkylation sites (tertiary alicyclic amines) is 1. The number of carbonyl (C=O) groups excluding carboxylic acids is 3. The van der Waals surface area contributed by atoms with Crippen LogP contribution in [0.5, 0.6) is 0 Å². The highest BCUT2D eigenvalue weighted by atomic mass is 35.5. The average molecular weight is 662 g/mol. The molecule has 0 radical (unpaired) electrons. The summed E-state index contributed by atoms with van der Waals surface area (Å²) in [6.45, 7) is 8.80. The predicted molar refractivity (Wildman–Crippen MR) is 173 cm³/mol. The molecule has 10 nitrogen and oxygen atoms in total. The predicted octanol–water partition coefficient (Wildman–Crippen LogP) is 5.85. The molecule has 0 saturated carbocycles. The zero-order valence-electron chi connectivity index (χ0n) is 26.0. The molecule has 1 atom stereocenters. The Labute approximate surface area is 272 Å². The number of nitrogens with zero attached hydrogens (tertiary/aromatic N) is 3. The lowest BCUT2D eigenvalue weighted by atomic mass is 10.0. The van der Waals surface area contributed by atoms with Gasteiger partial charge in [-0.3, -0.25) is 14.5 Å². The van der Waals surface area contributed by atoms with Gasteiger partial charge in [0, 0.05) is 55.1 Å². The van der Waals surface area contributed by atoms with Crippen LogP contribution in [0.25, 0.3) is 0 Å². The van der Waals surface area contributed by atoms with Crippen LogP contribution in [0.2, 0.25) is 10.0 Å². The van der Waals surface area contributed by atoms with Crippen molar-refractivity contribution in [2.45, 2.75) is 52.2 Å². The van der Waals surface area contributed by atoms with Gasteiger partial charge in [0.05, 0.1) is 16.8 Å². The zero-order chi connectivity index (χ0) is 33.1. The number of likely N-dealkylation sites (N-methyl/N-ethyl adjacent to an activating group) is 1. The highest BCUT2D eigenvalue weighted by Gasteiger charge is 2.34. The summed E-state index contributed by atoms with van der Waals surface area (Å²) in [5.74, 6) is -1.23. The summed E-state index contributed by atoms with van der Waals surface area (Å²) in [6.07, 6.45) is 2.78. The Bertz CT molecular complexity index is 1530. The molecule has 2 heterocycles. The Balaban J connectivity index is 1.70. The van der Waals surface area contributed by atoms with E-state index in [1.807, 2.05) is 0 Å². The van der Waals surface area contributed by atoms with Gasteiger partial charge in [0.15, 0.2) is 0 Å². The van der Waals surface area contributed by atoms with Gasteiger partial charge in [0.25, 0.3) is 11.8 Å². The fraction of sp³-hybridized carbons (Fsp3) is 0.406. The Kier molecular flexibility index (Phi) is 10.5. The number of halogens is 3. The number of amides is 3. The molecule has 242 valence electrons. The van der Waals surface area contributed by atoms with Crippen LogP contribution in [0.15, 0.2) is 59.7 Å². The van der Waals surface area contributed by atoms with Gasteiger partial charge in [-0.15, -0.1) is 0 Å². The molecule has 0 aliphatic carbocycles. The first kappa shape index (κ1) is 33.9. The number of nitrogens with two attached hydrogens (primary N) is 1. The molecule has 2 aliphatic rings. The second kappa shape index (κ2) is 14.0. The average Bonchev–Trinajstić information content (AvgIpc) is 3.52. The minimum Gasteiger partial charge on any atom is -0.443 e. The Hall–Kier alpha value is -3.96. The smallest absolute Gasteiger partial charge is 0.416 e. The third kappa shape index (κ3) is 7.83. The molecule has 2 aromatic carbocycles. The third-order valence-electron chi connectivity index (χ3n) is 7.56. The second-order valence-corrected chi connectivity index (χ2v) is 12.7. The van der Waals surface area contributed by atoms with Gasteiger partial charge in [-0.2, -0.15) is 0 Å². The van der Waals surface area contributed by atoms with Crippen molar-refractivity contribution >= 4 is 46.8 Å². The lowest BCUT2D eigenvalue weighted by Gasteiger charge is -2.41. The van der Waals surface area contributed by atoms with Crippen LogP contribution < -0.4 is 16.4 Å². The van der Waals surface area contributed by atoms with Gasteiger partial charge in [0.1, 0.15) is 22.9 Å². The maximum absolute atomic E-state index is 14.5. The molecule has 0 bridgehead atoms. The molecule has 1 unspecified atom stereocenters. The van der Waals surface area contributed by atoms with Crippen molar-refractivity contribution in [3.8, 4) is 0 Å². The monoisotopic (exact) mass is 660 g/mol. The van der Waals surface area contributed by atoms with E-state index in [9.17, 15) is 18.8 Å². The number of allylic oxidation sites excluding steroid dienone is 1. The van der Waals surface area contributed by atoms with Crippen LogP contribution in [0.4, 0.5) is 14.9 Å². The van der Waals surface area contributed by atoms with Gasteiger partial charge >= 0.3 is 6.09 Å². The molecule has 4 rings (SSSR count). The topological polar surface area (TPSA) is 120 Å². The molecule has 1 fully saturated rings. The highest BCUT2D eigenvalue weighted by molar-refractivity contribution is 6.36. The van der Waals surface area contributed by atoms with E-state index < -0.39 is 29.5 Å². The van der Waals surface area contributed by atoms with E-state index in [4.69, 9.17) is 33.7 Å². The second-order valence-electron chi connectivity index (χ2n) is 11.9. The summed E-state index contributed by atoms with van der Waals surface area (Å²) >= 11 is 12.8. The first-order valence-electron chi connectivity index (χ1n) is 14.7. The van der Waals surface area contributed by atoms with Crippen molar-refractivity contribution in [3.05, 3.63) is 86.7 Å². The molecule has 2 aromatic rings. The largest absolute Gasteiger partial charge is 0.443 e. The first-order chi connectivity index (χ1) is 21.2. The number of anilines is 1. The van der Waals surface area contributed by atoms with E-state index in [-0.39, 0.29) is 46.3 Å². The Morgan fingerprint density at radius 3 is 2.40 bits per heavy atom. The van der Waals surface area contributed by atoms with Crippen LogP contribution in [0.1, 0.15) is 62.5 Å². The lowest BCUT2D eigenvalue weighted by molar-refractivity contribution is -0.113. The molecular formula is C32H39Cl2FN6O4. The maximum Gasteiger partial charge on any atom is 0.416 e. The van der Waals surface area contributed by atoms with Gasteiger partial charge in [-0.25, -0.2) is 9.18 Å². The summed E-state index contributed by atoms with van der Waals surface area (Å²) in [5, 5.41) is 5.84. The SMILES string of the molecule is CN/C(=C\C1=C(N)N(C(=O)OC(C)(C)C)CCN1C(C)c1c(Cl)ccc(F)c1Cl)C(=O)Nc1cccc(C(=O)N2CCCC2)c1. The number of hydrogen-bond acceptors (Lipinski definition) is 7. The number of benzene rings is 2. The molecule has 45 heavy (non-hydrogen) atoms. The number of carbonyl (C=O) groups is 3. The van der Waals surface area contributed by atoms with Gasteiger partial charge in [-0.1, -0.05) is 29.3 Å². The third-order valence-corrected chi connectivity index (χ3v) is 8.28. The van der Waals surface area contributed by atoms with Crippen molar-refractivity contribution in [1.82, 2.24) is 20.0 Å². The summed E-state index contributed by atoms with van der Waals surface area (Å²) in [4.78, 5) is 44.4. The van der Waals surface area contributed by atoms with Crippen LogP contribution in [-0.2, 0) is 9.53 Å². The van der Waals surface area contributed by atoms with E-state index in [1.54, 1.807) is 68.8 Å². The summed E-state index contributed by atoms with van der Waals surface area (Å²) < 4.78 is 20.1. The minimum atomic E-state index is -0.777. The molecule has 2 aliphatic heterocycles. The first-order valence-corrected chi connectivity index (χ1v) is 15.5. The fourth-order valence-corrected chi connectivity index (χ4v) is 5.99. The molecular weight excluding hydrogens is 622 g/mol. The number of hydrogen-bond donors (Lipinski definition) is 3. The van der Waals surface area contributed by atoms with Crippen molar-refractivity contribution in [3.63, 3.8) is 0 Å². The molecule has 3 amide bonds. The van der Waals surface area contributed by atoms with E-state index in [0.29, 0.717) is 29.9 Å². The van der Waals surface area contributed by atoms with E-state index in [1.165, 1.54) is 23.1 Å².